The van der Waals surface area contributed by atoms with E-state index in [0.29, 0.717) is 17.2 Å². The van der Waals surface area contributed by atoms with Gasteiger partial charge in [-0.25, -0.2) is 0 Å². The summed E-state index contributed by atoms with van der Waals surface area (Å²) in [6.45, 7) is 0. The van der Waals surface area contributed by atoms with E-state index in [0.717, 1.165) is 36.7 Å². The Balaban J connectivity index is 2.09. The van der Waals surface area contributed by atoms with Crippen LogP contribution in [-0.2, 0) is 0 Å². The van der Waals surface area contributed by atoms with Crippen molar-refractivity contribution in [1.29, 1.82) is 0 Å². The third-order valence-electron chi connectivity index (χ3n) is 4.31. The molecule has 3 rings (SSSR count). The fourth-order valence-electron chi connectivity index (χ4n) is 3.07. The molecule has 28 heavy (non-hydrogen) atoms. The van der Waals surface area contributed by atoms with Gasteiger partial charge in [0.05, 0.1) is 48.1 Å². The Morgan fingerprint density at radius 2 is 1.43 bits per heavy atom. The van der Waals surface area contributed by atoms with Crippen molar-refractivity contribution in [3.63, 3.8) is 0 Å². The summed E-state index contributed by atoms with van der Waals surface area (Å²) < 4.78 is 23.6. The third kappa shape index (κ3) is 3.94. The third-order valence-corrected chi connectivity index (χ3v) is 7.25. The van der Waals surface area contributed by atoms with E-state index in [1.807, 2.05) is 12.1 Å². The fourth-order valence-corrected chi connectivity index (χ4v) is 6.27. The maximum absolute atomic E-state index is 5.68. The fraction of sp³-hybridized carbons (Fsp3) is 0.316. The number of hydrogen-bond donors (Lipinski definition) is 0. The summed E-state index contributed by atoms with van der Waals surface area (Å²) in [5, 5.41) is 0.00816. The summed E-state index contributed by atoms with van der Waals surface area (Å²) in [6, 6.07) is 7.95. The van der Waals surface area contributed by atoms with Crippen LogP contribution in [0.3, 0.4) is 0 Å². The number of halogens is 2. The molecule has 2 aromatic carbocycles. The lowest BCUT2D eigenvalue weighted by Crippen LogP contribution is -2.26. The number of nitrogens with zero attached hydrogens (tertiary/aromatic N) is 1. The smallest absolute Gasteiger partial charge is 0.203 e. The highest BCUT2D eigenvalue weighted by Gasteiger charge is 2.33. The molecule has 5 nitrogen and oxygen atoms in total. The van der Waals surface area contributed by atoms with Gasteiger partial charge in [-0.3, -0.25) is 0 Å². The van der Waals surface area contributed by atoms with Crippen LogP contribution in [0.2, 0.25) is 0 Å². The SMILES string of the molecule is COc1cc(N2C(=S)CSC2c2cc(Br)c(OC)c(Br)c2)cc(OC)c1OC. The molecule has 1 atom stereocenters. The largest absolute Gasteiger partial charge is 0.494 e. The second-order valence-electron chi connectivity index (χ2n) is 5.83. The predicted molar refractivity (Wildman–Crippen MR) is 125 cm³/mol. The van der Waals surface area contributed by atoms with Crippen molar-refractivity contribution in [3.05, 3.63) is 38.8 Å². The molecular formula is C19H19Br2NO4S2. The molecule has 0 spiro atoms. The van der Waals surface area contributed by atoms with Gasteiger partial charge in [0.15, 0.2) is 11.5 Å². The van der Waals surface area contributed by atoms with Crippen molar-refractivity contribution in [1.82, 2.24) is 0 Å². The van der Waals surface area contributed by atoms with E-state index in [9.17, 15) is 0 Å². The van der Waals surface area contributed by atoms with Gasteiger partial charge in [0, 0.05) is 17.9 Å². The van der Waals surface area contributed by atoms with Crippen molar-refractivity contribution in [2.75, 3.05) is 39.1 Å². The number of benzene rings is 2. The van der Waals surface area contributed by atoms with Gasteiger partial charge < -0.3 is 23.8 Å². The van der Waals surface area contributed by atoms with E-state index < -0.39 is 0 Å². The average molecular weight is 549 g/mol. The van der Waals surface area contributed by atoms with Gasteiger partial charge >= 0.3 is 0 Å². The highest BCUT2D eigenvalue weighted by atomic mass is 79.9. The summed E-state index contributed by atoms with van der Waals surface area (Å²) in [5.74, 6) is 3.24. The molecule has 0 amide bonds. The highest BCUT2D eigenvalue weighted by Crippen LogP contribution is 2.49. The van der Waals surface area contributed by atoms with Crippen LogP contribution in [0.4, 0.5) is 5.69 Å². The van der Waals surface area contributed by atoms with E-state index in [2.05, 4.69) is 48.9 Å². The van der Waals surface area contributed by atoms with Crippen LogP contribution < -0.4 is 23.8 Å². The average Bonchev–Trinajstić information content (AvgIpc) is 3.07. The Bertz CT molecular complexity index is 861. The Kier molecular flexibility index (Phi) is 7.01. The van der Waals surface area contributed by atoms with Crippen molar-refractivity contribution < 1.29 is 18.9 Å². The topological polar surface area (TPSA) is 40.2 Å². The molecule has 1 unspecified atom stereocenters. The number of ether oxygens (including phenoxy) is 4. The summed E-state index contributed by atoms with van der Waals surface area (Å²) in [7, 11) is 6.44. The molecule has 0 aromatic heterocycles. The van der Waals surface area contributed by atoms with Gasteiger partial charge in [-0.05, 0) is 49.6 Å². The Labute approximate surface area is 190 Å². The monoisotopic (exact) mass is 547 g/mol. The summed E-state index contributed by atoms with van der Waals surface area (Å²) >= 11 is 14.6. The van der Waals surface area contributed by atoms with Crippen LogP contribution in [-0.4, -0.2) is 39.2 Å². The molecule has 0 N–H and O–H groups in total. The Morgan fingerprint density at radius 3 is 1.89 bits per heavy atom. The van der Waals surface area contributed by atoms with Crippen molar-refractivity contribution in [2.45, 2.75) is 5.37 Å². The Morgan fingerprint density at radius 1 is 0.893 bits per heavy atom. The molecule has 1 aliphatic heterocycles. The first-order valence-corrected chi connectivity index (χ1v) is 11.3. The zero-order valence-corrected chi connectivity index (χ0v) is 20.6. The van der Waals surface area contributed by atoms with E-state index in [-0.39, 0.29) is 5.37 Å². The molecule has 2 aromatic rings. The second kappa shape index (κ2) is 9.11. The van der Waals surface area contributed by atoms with Gasteiger partial charge in [0.25, 0.3) is 0 Å². The van der Waals surface area contributed by atoms with Crippen molar-refractivity contribution in [3.8, 4) is 23.0 Å². The molecule has 150 valence electrons. The zero-order valence-electron chi connectivity index (χ0n) is 15.7. The summed E-state index contributed by atoms with van der Waals surface area (Å²) in [4.78, 5) is 2.96. The van der Waals surface area contributed by atoms with Crippen LogP contribution in [0, 0.1) is 0 Å². The molecule has 1 saturated heterocycles. The maximum Gasteiger partial charge on any atom is 0.203 e. The molecule has 1 aliphatic rings. The summed E-state index contributed by atoms with van der Waals surface area (Å²) in [5.41, 5.74) is 1.98. The minimum Gasteiger partial charge on any atom is -0.494 e. The highest BCUT2D eigenvalue weighted by molar-refractivity contribution is 9.11. The van der Waals surface area contributed by atoms with Crippen LogP contribution in [0.5, 0.6) is 23.0 Å². The van der Waals surface area contributed by atoms with Crippen LogP contribution >= 0.6 is 55.8 Å². The second-order valence-corrected chi connectivity index (χ2v) is 9.08. The first-order chi connectivity index (χ1) is 13.4. The van der Waals surface area contributed by atoms with Crippen LogP contribution in [0.25, 0.3) is 0 Å². The first kappa shape index (κ1) is 21.5. The number of methoxy groups -OCH3 is 4. The molecular weight excluding hydrogens is 530 g/mol. The number of anilines is 1. The predicted octanol–water partition coefficient (Wildman–Crippen LogP) is 5.83. The van der Waals surface area contributed by atoms with Gasteiger partial charge in [0.1, 0.15) is 11.1 Å². The molecule has 0 saturated carbocycles. The van der Waals surface area contributed by atoms with E-state index >= 15 is 0 Å². The van der Waals surface area contributed by atoms with Crippen molar-refractivity contribution >= 4 is 66.5 Å². The van der Waals surface area contributed by atoms with Gasteiger partial charge in [-0.1, -0.05) is 12.2 Å². The molecule has 0 aliphatic carbocycles. The standard InChI is InChI=1S/C19H19Br2NO4S2/c1-23-14-7-11(8-15(24-2)18(14)26-4)22-16(27)9-28-19(22)10-5-12(20)17(25-3)13(21)6-10/h5-8,19H,9H2,1-4H3. The molecule has 1 heterocycles. The van der Waals surface area contributed by atoms with E-state index in [4.69, 9.17) is 31.2 Å². The molecule has 1 fully saturated rings. The number of thiocarbonyl (C=S) groups is 1. The number of hydrogen-bond acceptors (Lipinski definition) is 6. The van der Waals surface area contributed by atoms with Gasteiger partial charge in [-0.2, -0.15) is 0 Å². The molecule has 0 bridgehead atoms. The molecule has 9 heteroatoms. The zero-order chi connectivity index (χ0) is 20.4. The van der Waals surface area contributed by atoms with Crippen LogP contribution in [0.15, 0.2) is 33.2 Å². The Hall–Kier alpha value is -1.16. The number of thioether (sulfide) groups is 1. The lowest BCUT2D eigenvalue weighted by Gasteiger charge is -2.28. The normalized spacial score (nSPS) is 16.3. The van der Waals surface area contributed by atoms with Gasteiger partial charge in [0.2, 0.25) is 5.75 Å². The lowest BCUT2D eigenvalue weighted by atomic mass is 10.1. The van der Waals surface area contributed by atoms with Crippen molar-refractivity contribution in [2.24, 2.45) is 0 Å². The summed E-state index contributed by atoms with van der Waals surface area (Å²) in [6.07, 6.45) is 0. The quantitative estimate of drug-likeness (QED) is 0.421. The van der Waals surface area contributed by atoms with E-state index in [1.54, 1.807) is 40.2 Å². The van der Waals surface area contributed by atoms with Gasteiger partial charge in [-0.15, -0.1) is 11.8 Å². The first-order valence-electron chi connectivity index (χ1n) is 8.21. The minimum absolute atomic E-state index is 0.00816. The maximum atomic E-state index is 5.68. The van der Waals surface area contributed by atoms with E-state index in [1.165, 1.54) is 0 Å². The minimum atomic E-state index is 0.00816. The molecule has 0 radical (unpaired) electrons. The van der Waals surface area contributed by atoms with Crippen LogP contribution in [0.1, 0.15) is 10.9 Å². The lowest BCUT2D eigenvalue weighted by molar-refractivity contribution is 0.324. The number of rotatable bonds is 6.